The summed E-state index contributed by atoms with van der Waals surface area (Å²) in [6, 6.07) is 16.1. The van der Waals surface area contributed by atoms with Crippen LogP contribution in [0.3, 0.4) is 0 Å². The highest BCUT2D eigenvalue weighted by Gasteiger charge is 2.33. The topological polar surface area (TPSA) is 194 Å². The van der Waals surface area contributed by atoms with E-state index in [1.165, 1.54) is 24.9 Å². The highest BCUT2D eigenvalue weighted by Crippen LogP contribution is 2.38. The molecule has 0 aliphatic carbocycles. The Morgan fingerprint density at radius 2 is 1.73 bits per heavy atom. The normalized spacial score (nSPS) is 16.8. The maximum Gasteiger partial charge on any atom is 0.329 e. The van der Waals surface area contributed by atoms with Crippen LogP contribution in [0, 0.1) is 5.82 Å². The minimum atomic E-state index is -0.748. The van der Waals surface area contributed by atoms with Gasteiger partial charge in [0, 0.05) is 71.7 Å². The quantitative estimate of drug-likeness (QED) is 0.128. The highest BCUT2D eigenvalue weighted by atomic mass is 19.1. The SMILES string of the molecule is CNC(=O)c1cnc(Nc2ccc(CN3CCC(N(C)c4cccc5c4n(C)c(=O)n5C4CCC(=O)NC4=O)C3)cn2)cc1Nc1cccc(-c2ncc(F)cn2)c1OC. The number of anilines is 5. The molecule has 308 valence electrons. The van der Waals surface area contributed by atoms with Gasteiger partial charge in [-0.3, -0.25) is 33.7 Å². The number of carbonyl (C=O) groups is 3. The zero-order chi connectivity index (χ0) is 42.1. The number of aryl methyl sites for hydroxylation is 1. The van der Waals surface area contributed by atoms with Crippen LogP contribution < -0.4 is 36.6 Å². The van der Waals surface area contributed by atoms with Gasteiger partial charge in [-0.2, -0.15) is 0 Å². The number of imidazole rings is 1. The fourth-order valence-electron chi connectivity index (χ4n) is 7.95. The van der Waals surface area contributed by atoms with E-state index in [0.717, 1.165) is 48.7 Å². The molecule has 2 aromatic carbocycles. The summed E-state index contributed by atoms with van der Waals surface area (Å²) >= 11 is 0. The lowest BCUT2D eigenvalue weighted by Crippen LogP contribution is -2.44. The lowest BCUT2D eigenvalue weighted by Gasteiger charge is -2.28. The summed E-state index contributed by atoms with van der Waals surface area (Å²) in [4.78, 5) is 72.8. The van der Waals surface area contributed by atoms with Crippen LogP contribution in [0.15, 0.2) is 84.2 Å². The van der Waals surface area contributed by atoms with Gasteiger partial charge in [-0.1, -0.05) is 18.2 Å². The summed E-state index contributed by atoms with van der Waals surface area (Å²) in [6.07, 6.45) is 6.81. The van der Waals surface area contributed by atoms with Crippen LogP contribution in [0.5, 0.6) is 5.75 Å². The maximum atomic E-state index is 13.5. The summed E-state index contributed by atoms with van der Waals surface area (Å²) in [7, 11) is 6.79. The van der Waals surface area contributed by atoms with E-state index in [2.05, 4.69) is 51.0 Å². The van der Waals surface area contributed by atoms with Crippen molar-refractivity contribution in [1.29, 1.82) is 0 Å². The van der Waals surface area contributed by atoms with Gasteiger partial charge in [0.05, 0.1) is 58.7 Å². The van der Waals surface area contributed by atoms with Crippen LogP contribution in [0.25, 0.3) is 22.4 Å². The van der Waals surface area contributed by atoms with E-state index >= 15 is 0 Å². The molecule has 0 saturated carbocycles. The second kappa shape index (κ2) is 16.6. The van der Waals surface area contributed by atoms with Gasteiger partial charge < -0.3 is 25.6 Å². The zero-order valence-corrected chi connectivity index (χ0v) is 33.4. The fraction of sp³-hybridized carbons (Fsp3) is 0.286. The monoisotopic (exact) mass is 814 g/mol. The molecule has 2 fully saturated rings. The van der Waals surface area contributed by atoms with E-state index in [1.54, 1.807) is 35.9 Å². The standard InChI is InChI=1S/C42H43FN12O5/c1-44-40(57)28-21-46-35(17-30(28)49-29-8-5-7-27(38(29)60-4)39-47-19-25(43)20-48-39)50-34-13-11-24(18-45-34)22-54-16-15-26(23-54)52(2)31-9-6-10-32-37(31)53(3)42(59)55(32)33-12-14-36(56)51-41(33)58/h5-11,13,17-21,26,33H,12,14-16,22-23H2,1-4H3,(H,44,57)(H,51,56,58)(H2,45,46,49,50). The number of carbonyl (C=O) groups excluding carboxylic acids is 3. The molecule has 0 spiro atoms. The molecule has 18 heteroatoms. The fourth-order valence-corrected chi connectivity index (χ4v) is 7.95. The van der Waals surface area contributed by atoms with Crippen LogP contribution in [-0.2, 0) is 23.2 Å². The Balaban J connectivity index is 0.946. The van der Waals surface area contributed by atoms with E-state index in [4.69, 9.17) is 4.74 Å². The van der Waals surface area contributed by atoms with Crippen molar-refractivity contribution < 1.29 is 23.5 Å². The second-order valence-electron chi connectivity index (χ2n) is 14.7. The molecule has 2 atom stereocenters. The number of likely N-dealkylation sites (tertiary alicyclic amines) is 1. The molecule has 2 aliphatic heterocycles. The van der Waals surface area contributed by atoms with Gasteiger partial charge in [0.1, 0.15) is 17.7 Å². The van der Waals surface area contributed by atoms with Gasteiger partial charge in [-0.25, -0.2) is 29.1 Å². The summed E-state index contributed by atoms with van der Waals surface area (Å²) < 4.78 is 22.4. The number of likely N-dealkylation sites (N-methyl/N-ethyl adjacent to an activating group) is 1. The van der Waals surface area contributed by atoms with E-state index in [1.807, 2.05) is 43.6 Å². The Labute approximate surface area is 343 Å². The molecule has 2 unspecified atom stereocenters. The average Bonchev–Trinajstić information content (AvgIpc) is 3.82. The van der Waals surface area contributed by atoms with E-state index < -0.39 is 17.8 Å². The Bertz CT molecular complexity index is 2670. The van der Waals surface area contributed by atoms with Gasteiger partial charge in [-0.05, 0) is 48.7 Å². The van der Waals surface area contributed by atoms with Gasteiger partial charge in [0.15, 0.2) is 17.4 Å². The number of piperidine rings is 1. The molecule has 4 N–H and O–H groups in total. The predicted octanol–water partition coefficient (Wildman–Crippen LogP) is 4.27. The number of halogens is 1. The summed E-state index contributed by atoms with van der Waals surface area (Å²) in [6.45, 7) is 2.34. The Kier molecular flexibility index (Phi) is 10.9. The molecule has 2 saturated heterocycles. The third kappa shape index (κ3) is 7.71. The molecular weight excluding hydrogens is 772 g/mol. The number of nitrogens with one attached hydrogen (secondary N) is 4. The summed E-state index contributed by atoms with van der Waals surface area (Å²) in [5, 5.41) is 11.5. The van der Waals surface area contributed by atoms with Crippen molar-refractivity contribution >= 4 is 57.5 Å². The van der Waals surface area contributed by atoms with E-state index in [9.17, 15) is 23.6 Å². The molecule has 8 rings (SSSR count). The van der Waals surface area contributed by atoms with Gasteiger partial charge in [0.25, 0.3) is 5.91 Å². The largest absolute Gasteiger partial charge is 0.494 e. The Morgan fingerprint density at radius 3 is 2.47 bits per heavy atom. The zero-order valence-electron chi connectivity index (χ0n) is 33.4. The number of amides is 3. The molecule has 4 aromatic heterocycles. The number of hydrogen-bond donors (Lipinski definition) is 4. The van der Waals surface area contributed by atoms with Crippen LogP contribution in [-0.4, -0.2) is 92.0 Å². The first-order valence-corrected chi connectivity index (χ1v) is 19.4. The molecule has 60 heavy (non-hydrogen) atoms. The van der Waals surface area contributed by atoms with E-state index in [-0.39, 0.29) is 47.8 Å². The van der Waals surface area contributed by atoms with Gasteiger partial charge >= 0.3 is 5.69 Å². The summed E-state index contributed by atoms with van der Waals surface area (Å²) in [5.41, 5.74) is 4.81. The van der Waals surface area contributed by atoms with Crippen molar-refractivity contribution in [2.75, 3.05) is 49.8 Å². The van der Waals surface area contributed by atoms with Crippen LogP contribution in [0.4, 0.5) is 33.1 Å². The lowest BCUT2D eigenvalue weighted by molar-refractivity contribution is -0.135. The predicted molar refractivity (Wildman–Crippen MR) is 223 cm³/mol. The van der Waals surface area contributed by atoms with Crippen molar-refractivity contribution in [2.24, 2.45) is 7.05 Å². The van der Waals surface area contributed by atoms with Crippen molar-refractivity contribution in [1.82, 2.24) is 44.6 Å². The number of aromatic nitrogens is 6. The lowest BCUT2D eigenvalue weighted by atomic mass is 10.1. The van der Waals surface area contributed by atoms with Crippen molar-refractivity contribution in [3.8, 4) is 17.1 Å². The van der Waals surface area contributed by atoms with Crippen LogP contribution >= 0.6 is 0 Å². The van der Waals surface area contributed by atoms with Crippen molar-refractivity contribution in [3.63, 3.8) is 0 Å². The summed E-state index contributed by atoms with van der Waals surface area (Å²) in [5.74, 6) is -0.0233. The number of benzene rings is 2. The van der Waals surface area contributed by atoms with Crippen molar-refractivity contribution in [3.05, 3.63) is 107 Å². The molecule has 3 amide bonds. The van der Waals surface area contributed by atoms with Gasteiger partial charge in [-0.15, -0.1) is 0 Å². The first-order valence-electron chi connectivity index (χ1n) is 19.4. The highest BCUT2D eigenvalue weighted by molar-refractivity contribution is 6.01. The molecule has 2 aliphatic rings. The third-order valence-corrected chi connectivity index (χ3v) is 11.0. The number of hydrogen-bond acceptors (Lipinski definition) is 13. The van der Waals surface area contributed by atoms with E-state index in [0.29, 0.717) is 46.4 Å². The first kappa shape index (κ1) is 39.6. The maximum absolute atomic E-state index is 13.5. The first-order chi connectivity index (χ1) is 29.0. The smallest absolute Gasteiger partial charge is 0.329 e. The number of para-hydroxylation sites is 2. The second-order valence-corrected chi connectivity index (χ2v) is 14.7. The van der Waals surface area contributed by atoms with Crippen LogP contribution in [0.2, 0.25) is 0 Å². The average molecular weight is 815 g/mol. The number of ether oxygens (including phenoxy) is 1. The Hall–Kier alpha value is -7.21. The third-order valence-electron chi connectivity index (χ3n) is 11.0. The van der Waals surface area contributed by atoms with Crippen LogP contribution in [0.1, 0.15) is 41.2 Å². The van der Waals surface area contributed by atoms with Crippen molar-refractivity contribution in [2.45, 2.75) is 37.9 Å². The molecule has 6 heterocycles. The number of pyridine rings is 2. The number of rotatable bonds is 12. The molecule has 0 bridgehead atoms. The minimum Gasteiger partial charge on any atom is -0.494 e. The van der Waals surface area contributed by atoms with Gasteiger partial charge in [0.2, 0.25) is 11.8 Å². The molecule has 17 nitrogen and oxygen atoms in total. The number of methoxy groups -OCH3 is 1. The minimum absolute atomic E-state index is 0.170. The Morgan fingerprint density at radius 1 is 0.950 bits per heavy atom. The molecule has 6 aromatic rings. The molecule has 0 radical (unpaired) electrons. The number of nitrogens with zero attached hydrogens (tertiary/aromatic N) is 8. The number of imide groups is 1. The molecular formula is C42H43FN12O5. The number of fused-ring (bicyclic) bond motifs is 1.